The molecule has 0 aliphatic carbocycles. The van der Waals surface area contributed by atoms with Crippen LogP contribution >= 0.6 is 0 Å². The van der Waals surface area contributed by atoms with E-state index in [9.17, 15) is 4.79 Å². The molecule has 0 amide bonds. The third kappa shape index (κ3) is 1.80. The first-order valence-corrected chi connectivity index (χ1v) is 3.71. The van der Waals surface area contributed by atoms with Crippen LogP contribution in [0.25, 0.3) is 0 Å². The monoisotopic (exact) mass is 155 g/mol. The van der Waals surface area contributed by atoms with Gasteiger partial charge in [-0.2, -0.15) is 0 Å². The van der Waals surface area contributed by atoms with Crippen LogP contribution in [-0.4, -0.2) is 36.1 Å². The van der Waals surface area contributed by atoms with Crippen LogP contribution in [0, 0.1) is 0 Å². The fraction of sp³-hybridized carbons (Fsp3) is 0.625. The van der Waals surface area contributed by atoms with Crippen LogP contribution in [-0.2, 0) is 4.79 Å². The average Bonchev–Trinajstić information content (AvgIpc) is 1.94. The standard InChI is InChI=1S/C8H13NO2/c1-6-3-4-9(2)5-7(6)8(10)11/h3-5H2,1-2H3,(H,10,11). The highest BCUT2D eigenvalue weighted by Crippen LogP contribution is 2.15. The molecule has 0 aromatic rings. The summed E-state index contributed by atoms with van der Waals surface area (Å²) in [6.45, 7) is 3.46. The molecular weight excluding hydrogens is 142 g/mol. The lowest BCUT2D eigenvalue weighted by Gasteiger charge is -2.23. The summed E-state index contributed by atoms with van der Waals surface area (Å²) in [5.41, 5.74) is 1.59. The number of hydrogen-bond donors (Lipinski definition) is 1. The SMILES string of the molecule is CC1=C(C(=O)O)CN(C)CC1. The highest BCUT2D eigenvalue weighted by Gasteiger charge is 2.17. The molecule has 0 saturated heterocycles. The normalized spacial score (nSPS) is 20.5. The fourth-order valence-electron chi connectivity index (χ4n) is 1.24. The molecule has 0 unspecified atom stereocenters. The average molecular weight is 155 g/mol. The summed E-state index contributed by atoms with van der Waals surface area (Å²) in [5.74, 6) is -0.769. The molecule has 0 aromatic heterocycles. The lowest BCUT2D eigenvalue weighted by atomic mass is 10.0. The van der Waals surface area contributed by atoms with Crippen LogP contribution < -0.4 is 0 Å². The highest BCUT2D eigenvalue weighted by molar-refractivity contribution is 5.88. The van der Waals surface area contributed by atoms with Crippen LogP contribution in [0.4, 0.5) is 0 Å². The van der Waals surface area contributed by atoms with E-state index in [0.29, 0.717) is 12.1 Å². The largest absolute Gasteiger partial charge is 0.478 e. The smallest absolute Gasteiger partial charge is 0.332 e. The molecule has 1 rings (SSSR count). The Hall–Kier alpha value is -0.830. The zero-order valence-electron chi connectivity index (χ0n) is 6.92. The second-order valence-electron chi connectivity index (χ2n) is 3.05. The molecule has 0 saturated carbocycles. The molecule has 0 aromatic carbocycles. The molecule has 1 heterocycles. The number of carboxylic acid groups (broad SMARTS) is 1. The molecule has 11 heavy (non-hydrogen) atoms. The third-order valence-electron chi connectivity index (χ3n) is 2.07. The van der Waals surface area contributed by atoms with Crippen molar-refractivity contribution in [3.63, 3.8) is 0 Å². The topological polar surface area (TPSA) is 40.5 Å². The molecular formula is C8H13NO2. The van der Waals surface area contributed by atoms with Crippen molar-refractivity contribution in [3.8, 4) is 0 Å². The van der Waals surface area contributed by atoms with Crippen molar-refractivity contribution in [2.45, 2.75) is 13.3 Å². The van der Waals surface area contributed by atoms with Crippen molar-refractivity contribution in [3.05, 3.63) is 11.1 Å². The minimum atomic E-state index is -0.769. The lowest BCUT2D eigenvalue weighted by Crippen LogP contribution is -2.30. The van der Waals surface area contributed by atoms with Crippen LogP contribution in [0.5, 0.6) is 0 Å². The van der Waals surface area contributed by atoms with E-state index in [0.717, 1.165) is 18.5 Å². The Bertz CT molecular complexity index is 208. The van der Waals surface area contributed by atoms with Gasteiger partial charge in [-0.1, -0.05) is 5.57 Å². The van der Waals surface area contributed by atoms with Gasteiger partial charge in [0.2, 0.25) is 0 Å². The Morgan fingerprint density at radius 3 is 2.73 bits per heavy atom. The summed E-state index contributed by atoms with van der Waals surface area (Å²) in [6, 6.07) is 0. The van der Waals surface area contributed by atoms with E-state index in [1.807, 2.05) is 18.9 Å². The Morgan fingerprint density at radius 1 is 1.64 bits per heavy atom. The lowest BCUT2D eigenvalue weighted by molar-refractivity contribution is -0.133. The summed E-state index contributed by atoms with van der Waals surface area (Å²) in [7, 11) is 1.94. The van der Waals surface area contributed by atoms with Crippen LogP contribution in [0.2, 0.25) is 0 Å². The third-order valence-corrected chi connectivity index (χ3v) is 2.07. The molecule has 0 atom stereocenters. The summed E-state index contributed by atoms with van der Waals surface area (Å²) < 4.78 is 0. The second-order valence-corrected chi connectivity index (χ2v) is 3.05. The molecule has 0 bridgehead atoms. The zero-order chi connectivity index (χ0) is 8.43. The van der Waals surface area contributed by atoms with Gasteiger partial charge >= 0.3 is 5.97 Å². The van der Waals surface area contributed by atoms with E-state index in [1.54, 1.807) is 0 Å². The molecule has 3 heteroatoms. The first-order valence-electron chi connectivity index (χ1n) is 3.71. The van der Waals surface area contributed by atoms with Crippen LogP contribution in [0.3, 0.4) is 0 Å². The highest BCUT2D eigenvalue weighted by atomic mass is 16.4. The number of carboxylic acids is 1. The van der Waals surface area contributed by atoms with Crippen molar-refractivity contribution >= 4 is 5.97 Å². The van der Waals surface area contributed by atoms with Gasteiger partial charge in [-0.25, -0.2) is 4.79 Å². The Kier molecular flexibility index (Phi) is 2.29. The number of likely N-dealkylation sites (N-methyl/N-ethyl adjacent to an activating group) is 1. The van der Waals surface area contributed by atoms with Gasteiger partial charge in [0.1, 0.15) is 0 Å². The summed E-state index contributed by atoms with van der Waals surface area (Å²) in [6.07, 6.45) is 0.887. The predicted molar refractivity (Wildman–Crippen MR) is 42.4 cm³/mol. The quantitative estimate of drug-likeness (QED) is 0.606. The number of rotatable bonds is 1. The fourth-order valence-corrected chi connectivity index (χ4v) is 1.24. The minimum absolute atomic E-state index is 0.568. The first kappa shape index (κ1) is 8.27. The van der Waals surface area contributed by atoms with Crippen molar-refractivity contribution in [2.24, 2.45) is 0 Å². The maximum Gasteiger partial charge on any atom is 0.332 e. The van der Waals surface area contributed by atoms with E-state index in [1.165, 1.54) is 0 Å². The van der Waals surface area contributed by atoms with Gasteiger partial charge in [0.25, 0.3) is 0 Å². The summed E-state index contributed by atoms with van der Waals surface area (Å²) >= 11 is 0. The molecule has 0 fully saturated rings. The van der Waals surface area contributed by atoms with Crippen LogP contribution in [0.1, 0.15) is 13.3 Å². The van der Waals surface area contributed by atoms with E-state index in [4.69, 9.17) is 5.11 Å². The van der Waals surface area contributed by atoms with E-state index < -0.39 is 5.97 Å². The second kappa shape index (κ2) is 3.05. The van der Waals surface area contributed by atoms with E-state index in [2.05, 4.69) is 0 Å². The zero-order valence-corrected chi connectivity index (χ0v) is 6.92. The van der Waals surface area contributed by atoms with Gasteiger partial charge < -0.3 is 10.0 Å². The van der Waals surface area contributed by atoms with Gasteiger partial charge in [-0.3, -0.25) is 0 Å². The Labute approximate surface area is 66.3 Å². The molecule has 1 aliphatic heterocycles. The van der Waals surface area contributed by atoms with Gasteiger partial charge in [0.15, 0.2) is 0 Å². The number of aliphatic carboxylic acids is 1. The molecule has 1 aliphatic rings. The number of carbonyl (C=O) groups is 1. The van der Waals surface area contributed by atoms with Crippen molar-refractivity contribution in [1.82, 2.24) is 4.90 Å². The van der Waals surface area contributed by atoms with Crippen molar-refractivity contribution in [2.75, 3.05) is 20.1 Å². The summed E-state index contributed by atoms with van der Waals surface area (Å²) in [4.78, 5) is 12.7. The molecule has 1 N–H and O–H groups in total. The van der Waals surface area contributed by atoms with Crippen molar-refractivity contribution < 1.29 is 9.90 Å². The van der Waals surface area contributed by atoms with Crippen molar-refractivity contribution in [1.29, 1.82) is 0 Å². The number of nitrogens with zero attached hydrogens (tertiary/aromatic N) is 1. The molecule has 0 spiro atoms. The van der Waals surface area contributed by atoms with Crippen LogP contribution in [0.15, 0.2) is 11.1 Å². The van der Waals surface area contributed by atoms with E-state index in [-0.39, 0.29) is 0 Å². The number of hydrogen-bond acceptors (Lipinski definition) is 2. The Morgan fingerprint density at radius 2 is 2.27 bits per heavy atom. The van der Waals surface area contributed by atoms with Gasteiger partial charge in [0.05, 0.1) is 0 Å². The first-order chi connectivity index (χ1) is 5.11. The molecule has 3 nitrogen and oxygen atoms in total. The minimum Gasteiger partial charge on any atom is -0.478 e. The van der Waals surface area contributed by atoms with Gasteiger partial charge in [-0.15, -0.1) is 0 Å². The summed E-state index contributed by atoms with van der Waals surface area (Å²) in [5, 5.41) is 8.74. The molecule has 0 radical (unpaired) electrons. The Balaban J connectivity index is 2.80. The predicted octanol–water partition coefficient (Wildman–Crippen LogP) is 0.723. The van der Waals surface area contributed by atoms with E-state index >= 15 is 0 Å². The molecule has 62 valence electrons. The van der Waals surface area contributed by atoms with Gasteiger partial charge in [0, 0.05) is 18.7 Å². The maximum absolute atomic E-state index is 10.6. The maximum atomic E-state index is 10.6. The van der Waals surface area contributed by atoms with Gasteiger partial charge in [-0.05, 0) is 20.4 Å².